The number of aromatic nitrogens is 2. The third-order valence-electron chi connectivity index (χ3n) is 3.16. The Hall–Kier alpha value is -0.350. The first-order chi connectivity index (χ1) is 7.33. The summed E-state index contributed by atoms with van der Waals surface area (Å²) in [7, 11) is 0. The molecular weight excluding hydrogens is 254 g/mol. The van der Waals surface area contributed by atoms with Gasteiger partial charge in [0.05, 0.1) is 6.20 Å². The summed E-state index contributed by atoms with van der Waals surface area (Å²) in [5, 5.41) is 0. The van der Waals surface area contributed by atoms with Crippen molar-refractivity contribution in [3.8, 4) is 0 Å². The zero-order valence-electron chi connectivity index (χ0n) is 8.95. The van der Waals surface area contributed by atoms with Gasteiger partial charge in [0.15, 0.2) is 0 Å². The maximum Gasteiger partial charge on any atom is 0.112 e. The lowest BCUT2D eigenvalue weighted by molar-refractivity contribution is 0.415. The molecule has 0 aliphatic heterocycles. The Balaban J connectivity index is 2.18. The first-order valence-corrected chi connectivity index (χ1v) is 6.53. The lowest BCUT2D eigenvalue weighted by Gasteiger charge is -2.22. The van der Waals surface area contributed by atoms with Gasteiger partial charge in [-0.05, 0) is 28.8 Å². The molecule has 2 N–H and O–H groups in total. The van der Waals surface area contributed by atoms with Gasteiger partial charge >= 0.3 is 0 Å². The van der Waals surface area contributed by atoms with Crippen LogP contribution in [0.3, 0.4) is 0 Å². The molecule has 0 atom stereocenters. The van der Waals surface area contributed by atoms with Crippen molar-refractivity contribution in [1.82, 2.24) is 9.55 Å². The molecule has 1 fully saturated rings. The molecule has 0 unspecified atom stereocenters. The van der Waals surface area contributed by atoms with E-state index in [9.17, 15) is 0 Å². The first-order valence-electron chi connectivity index (χ1n) is 5.74. The number of hydrogen-bond acceptors (Lipinski definition) is 2. The highest BCUT2D eigenvalue weighted by Gasteiger charge is 2.20. The third kappa shape index (κ3) is 2.42. The van der Waals surface area contributed by atoms with E-state index >= 15 is 0 Å². The molecule has 4 heteroatoms. The van der Waals surface area contributed by atoms with Crippen LogP contribution in [0.5, 0.6) is 0 Å². The molecular formula is C11H18BrN3. The number of imidazole rings is 1. The molecule has 15 heavy (non-hydrogen) atoms. The van der Waals surface area contributed by atoms with Gasteiger partial charge in [-0.1, -0.05) is 19.3 Å². The molecule has 2 rings (SSSR count). The summed E-state index contributed by atoms with van der Waals surface area (Å²) >= 11 is 3.53. The smallest absolute Gasteiger partial charge is 0.112 e. The summed E-state index contributed by atoms with van der Waals surface area (Å²) in [6, 6.07) is 0. The maximum atomic E-state index is 5.62. The first kappa shape index (κ1) is 11.1. The maximum absolute atomic E-state index is 5.62. The highest BCUT2D eigenvalue weighted by molar-refractivity contribution is 9.10. The average molecular weight is 272 g/mol. The van der Waals surface area contributed by atoms with Crippen LogP contribution >= 0.6 is 15.9 Å². The molecule has 1 saturated carbocycles. The molecule has 0 amide bonds. The molecule has 1 heterocycles. The standard InChI is InChI=1S/C11H18BrN3/c12-10-8-14-11(15(10)7-6-13)9-4-2-1-3-5-9/h8-9H,1-7,13H2. The molecule has 1 aliphatic carbocycles. The molecule has 0 aromatic carbocycles. The van der Waals surface area contributed by atoms with E-state index < -0.39 is 0 Å². The second-order valence-electron chi connectivity index (χ2n) is 4.21. The van der Waals surface area contributed by atoms with Crippen molar-refractivity contribution in [3.05, 3.63) is 16.6 Å². The van der Waals surface area contributed by atoms with Crippen LogP contribution < -0.4 is 5.73 Å². The number of nitrogens with zero attached hydrogens (tertiary/aromatic N) is 2. The topological polar surface area (TPSA) is 43.8 Å². The summed E-state index contributed by atoms with van der Waals surface area (Å²) < 4.78 is 3.28. The van der Waals surface area contributed by atoms with Crippen LogP contribution in [0.15, 0.2) is 10.8 Å². The quantitative estimate of drug-likeness (QED) is 0.919. The molecule has 84 valence electrons. The van der Waals surface area contributed by atoms with Crippen molar-refractivity contribution >= 4 is 15.9 Å². The minimum Gasteiger partial charge on any atom is -0.329 e. The summed E-state index contributed by atoms with van der Waals surface area (Å²) in [6.07, 6.45) is 8.55. The van der Waals surface area contributed by atoms with E-state index in [-0.39, 0.29) is 0 Å². The Morgan fingerprint density at radius 2 is 2.13 bits per heavy atom. The van der Waals surface area contributed by atoms with E-state index in [0.717, 1.165) is 11.1 Å². The van der Waals surface area contributed by atoms with E-state index in [1.807, 2.05) is 6.20 Å². The van der Waals surface area contributed by atoms with Gasteiger partial charge in [-0.2, -0.15) is 0 Å². The van der Waals surface area contributed by atoms with E-state index in [4.69, 9.17) is 5.73 Å². The summed E-state index contributed by atoms with van der Waals surface area (Å²) in [6.45, 7) is 1.54. The molecule has 1 aromatic rings. The molecule has 0 radical (unpaired) electrons. The SMILES string of the molecule is NCCn1c(Br)cnc1C1CCCCC1. The Morgan fingerprint density at radius 1 is 1.40 bits per heavy atom. The molecule has 0 saturated heterocycles. The second-order valence-corrected chi connectivity index (χ2v) is 5.03. The van der Waals surface area contributed by atoms with Crippen LogP contribution in [0.2, 0.25) is 0 Å². The van der Waals surface area contributed by atoms with Gasteiger partial charge in [-0.3, -0.25) is 0 Å². The minimum absolute atomic E-state index is 0.650. The minimum atomic E-state index is 0.650. The Morgan fingerprint density at radius 3 is 2.80 bits per heavy atom. The molecule has 0 spiro atoms. The summed E-state index contributed by atoms with van der Waals surface area (Å²) in [5.74, 6) is 1.88. The normalized spacial score (nSPS) is 18.3. The fourth-order valence-electron chi connectivity index (χ4n) is 2.41. The van der Waals surface area contributed by atoms with Crippen molar-refractivity contribution in [3.63, 3.8) is 0 Å². The zero-order chi connectivity index (χ0) is 10.7. The van der Waals surface area contributed by atoms with E-state index in [0.29, 0.717) is 12.5 Å². The lowest BCUT2D eigenvalue weighted by Crippen LogP contribution is -2.16. The Kier molecular flexibility index (Phi) is 3.81. The number of halogens is 1. The lowest BCUT2D eigenvalue weighted by atomic mass is 9.88. The number of hydrogen-bond donors (Lipinski definition) is 1. The monoisotopic (exact) mass is 271 g/mol. The van der Waals surface area contributed by atoms with Crippen LogP contribution in [-0.4, -0.2) is 16.1 Å². The third-order valence-corrected chi connectivity index (χ3v) is 3.79. The molecule has 1 aromatic heterocycles. The Bertz CT molecular complexity index is 316. The Labute approximate surface area is 99.2 Å². The molecule has 0 bridgehead atoms. The molecule has 3 nitrogen and oxygen atoms in total. The van der Waals surface area contributed by atoms with Crippen molar-refractivity contribution in [2.45, 2.75) is 44.6 Å². The highest BCUT2D eigenvalue weighted by Crippen LogP contribution is 2.32. The van der Waals surface area contributed by atoms with Gasteiger partial charge in [-0.25, -0.2) is 4.98 Å². The second kappa shape index (κ2) is 5.12. The van der Waals surface area contributed by atoms with Crippen molar-refractivity contribution in [1.29, 1.82) is 0 Å². The fraction of sp³-hybridized carbons (Fsp3) is 0.727. The van der Waals surface area contributed by atoms with Crippen LogP contribution in [0, 0.1) is 0 Å². The van der Waals surface area contributed by atoms with E-state index in [1.165, 1.54) is 37.9 Å². The fourth-order valence-corrected chi connectivity index (χ4v) is 2.87. The van der Waals surface area contributed by atoms with Crippen molar-refractivity contribution in [2.75, 3.05) is 6.54 Å². The van der Waals surface area contributed by atoms with E-state index in [2.05, 4.69) is 25.5 Å². The van der Waals surface area contributed by atoms with Gasteiger partial charge in [0.1, 0.15) is 10.4 Å². The average Bonchev–Trinajstić information content (AvgIpc) is 2.63. The number of nitrogens with two attached hydrogens (primary N) is 1. The van der Waals surface area contributed by atoms with E-state index in [1.54, 1.807) is 0 Å². The predicted octanol–water partition coefficient (Wildman–Crippen LogP) is 2.65. The van der Waals surface area contributed by atoms with Gasteiger partial charge in [0.2, 0.25) is 0 Å². The van der Waals surface area contributed by atoms with Crippen LogP contribution in [0.1, 0.15) is 43.8 Å². The van der Waals surface area contributed by atoms with Crippen molar-refractivity contribution in [2.24, 2.45) is 5.73 Å². The summed E-state index contributed by atoms with van der Waals surface area (Å²) in [4.78, 5) is 4.52. The van der Waals surface area contributed by atoms with Crippen LogP contribution in [0.4, 0.5) is 0 Å². The summed E-state index contributed by atoms with van der Waals surface area (Å²) in [5.41, 5.74) is 5.62. The highest BCUT2D eigenvalue weighted by atomic mass is 79.9. The largest absolute Gasteiger partial charge is 0.329 e. The number of rotatable bonds is 3. The van der Waals surface area contributed by atoms with Gasteiger partial charge in [0.25, 0.3) is 0 Å². The van der Waals surface area contributed by atoms with Gasteiger partial charge in [-0.15, -0.1) is 0 Å². The van der Waals surface area contributed by atoms with Gasteiger partial charge < -0.3 is 10.3 Å². The predicted molar refractivity (Wildman–Crippen MR) is 64.8 cm³/mol. The van der Waals surface area contributed by atoms with Crippen LogP contribution in [-0.2, 0) is 6.54 Å². The molecule has 1 aliphatic rings. The van der Waals surface area contributed by atoms with Gasteiger partial charge in [0, 0.05) is 19.0 Å². The van der Waals surface area contributed by atoms with Crippen molar-refractivity contribution < 1.29 is 0 Å². The zero-order valence-corrected chi connectivity index (χ0v) is 10.5. The van der Waals surface area contributed by atoms with Crippen LogP contribution in [0.25, 0.3) is 0 Å².